The topological polar surface area (TPSA) is 38.4 Å². The third-order valence-corrected chi connectivity index (χ3v) is 2.84. The fourth-order valence-corrected chi connectivity index (χ4v) is 2.07. The van der Waals surface area contributed by atoms with Gasteiger partial charge in [0, 0.05) is 16.8 Å². The summed E-state index contributed by atoms with van der Waals surface area (Å²) in [4.78, 5) is 4.58. The molecule has 2 heteroatoms. The van der Waals surface area contributed by atoms with Crippen molar-refractivity contribution in [2.45, 2.75) is 6.54 Å². The van der Waals surface area contributed by atoms with Gasteiger partial charge in [0.1, 0.15) is 0 Å². The van der Waals surface area contributed by atoms with Gasteiger partial charge >= 0.3 is 0 Å². The summed E-state index contributed by atoms with van der Waals surface area (Å²) in [7, 11) is 0. The van der Waals surface area contributed by atoms with Crippen molar-refractivity contribution >= 4 is 11.4 Å². The smallest absolute Gasteiger partial charge is 0.0727 e. The number of fused-ring (bicyclic) bond motifs is 1. The van der Waals surface area contributed by atoms with E-state index in [0.717, 1.165) is 23.5 Å². The molecule has 78 valence electrons. The maximum atomic E-state index is 5.79. The highest BCUT2D eigenvalue weighted by Gasteiger charge is 2.16. The van der Waals surface area contributed by atoms with Gasteiger partial charge in [0.2, 0.25) is 0 Å². The molecule has 0 aliphatic carbocycles. The predicted octanol–water partition coefficient (Wildman–Crippen LogP) is 2.62. The van der Waals surface area contributed by atoms with E-state index in [4.69, 9.17) is 5.73 Å². The SMILES string of the molecule is Nc1cccc(C2=NCc3ccccc32)c1. The minimum Gasteiger partial charge on any atom is -0.399 e. The van der Waals surface area contributed by atoms with Crippen molar-refractivity contribution in [1.82, 2.24) is 0 Å². The van der Waals surface area contributed by atoms with Gasteiger partial charge in [0.15, 0.2) is 0 Å². The standard InChI is InChI=1S/C14H12N2/c15-12-6-3-5-10(8-12)14-13-7-2-1-4-11(13)9-16-14/h1-8H,9,15H2. The van der Waals surface area contributed by atoms with Crippen molar-refractivity contribution in [2.24, 2.45) is 4.99 Å². The lowest BCUT2D eigenvalue weighted by molar-refractivity contribution is 1.11. The molecule has 1 aliphatic heterocycles. The second kappa shape index (κ2) is 3.49. The maximum Gasteiger partial charge on any atom is 0.0727 e. The Bertz CT molecular complexity index is 570. The van der Waals surface area contributed by atoms with Crippen molar-refractivity contribution in [3.63, 3.8) is 0 Å². The molecule has 2 aromatic rings. The Kier molecular flexibility index (Phi) is 2.00. The van der Waals surface area contributed by atoms with Crippen LogP contribution in [0.25, 0.3) is 0 Å². The summed E-state index contributed by atoms with van der Waals surface area (Å²) in [6.07, 6.45) is 0. The van der Waals surface area contributed by atoms with Crippen LogP contribution in [0.4, 0.5) is 5.69 Å². The Labute approximate surface area is 94.4 Å². The van der Waals surface area contributed by atoms with Crippen molar-refractivity contribution in [2.75, 3.05) is 5.73 Å². The van der Waals surface area contributed by atoms with Crippen LogP contribution in [0.15, 0.2) is 53.5 Å². The van der Waals surface area contributed by atoms with Crippen LogP contribution in [0.2, 0.25) is 0 Å². The van der Waals surface area contributed by atoms with E-state index in [0.29, 0.717) is 0 Å². The summed E-state index contributed by atoms with van der Waals surface area (Å²) < 4.78 is 0. The number of nitrogen functional groups attached to an aromatic ring is 1. The second-order valence-electron chi connectivity index (χ2n) is 3.95. The summed E-state index contributed by atoms with van der Waals surface area (Å²) in [5.74, 6) is 0. The second-order valence-corrected chi connectivity index (χ2v) is 3.95. The summed E-state index contributed by atoms with van der Waals surface area (Å²) >= 11 is 0. The van der Waals surface area contributed by atoms with Crippen LogP contribution in [0.1, 0.15) is 16.7 Å². The molecule has 16 heavy (non-hydrogen) atoms. The van der Waals surface area contributed by atoms with Gasteiger partial charge in [-0.3, -0.25) is 4.99 Å². The number of hydrogen-bond acceptors (Lipinski definition) is 2. The minimum absolute atomic E-state index is 0.778. The average molecular weight is 208 g/mol. The van der Waals surface area contributed by atoms with Gasteiger partial charge in [-0.1, -0.05) is 36.4 Å². The number of rotatable bonds is 1. The molecule has 0 radical (unpaired) electrons. The lowest BCUT2D eigenvalue weighted by atomic mass is 10.00. The van der Waals surface area contributed by atoms with Crippen molar-refractivity contribution in [3.05, 3.63) is 65.2 Å². The molecular formula is C14H12N2. The highest BCUT2D eigenvalue weighted by Crippen LogP contribution is 2.23. The highest BCUT2D eigenvalue weighted by atomic mass is 14.8. The van der Waals surface area contributed by atoms with Crippen molar-refractivity contribution in [1.29, 1.82) is 0 Å². The fraction of sp³-hybridized carbons (Fsp3) is 0.0714. The van der Waals surface area contributed by atoms with Crippen LogP contribution in [-0.2, 0) is 6.54 Å². The van der Waals surface area contributed by atoms with Gasteiger partial charge in [-0.05, 0) is 17.7 Å². The fourth-order valence-electron chi connectivity index (χ4n) is 2.07. The van der Waals surface area contributed by atoms with E-state index in [2.05, 4.69) is 29.3 Å². The zero-order valence-corrected chi connectivity index (χ0v) is 8.85. The lowest BCUT2D eigenvalue weighted by Gasteiger charge is -2.04. The molecule has 2 aromatic carbocycles. The number of nitrogens with two attached hydrogens (primary N) is 1. The Morgan fingerprint density at radius 2 is 1.88 bits per heavy atom. The molecular weight excluding hydrogens is 196 g/mol. The van der Waals surface area contributed by atoms with Gasteiger partial charge in [-0.15, -0.1) is 0 Å². The molecule has 1 aliphatic rings. The molecule has 2 nitrogen and oxygen atoms in total. The molecule has 0 aromatic heterocycles. The zero-order chi connectivity index (χ0) is 11.0. The molecule has 0 saturated heterocycles. The molecule has 0 fully saturated rings. The van der Waals surface area contributed by atoms with E-state index < -0.39 is 0 Å². The van der Waals surface area contributed by atoms with Crippen LogP contribution in [0, 0.1) is 0 Å². The van der Waals surface area contributed by atoms with E-state index in [-0.39, 0.29) is 0 Å². The summed E-state index contributed by atoms with van der Waals surface area (Å²) in [5.41, 5.74) is 11.3. The Balaban J connectivity index is 2.11. The first kappa shape index (κ1) is 9.16. The van der Waals surface area contributed by atoms with Gasteiger partial charge in [-0.25, -0.2) is 0 Å². The van der Waals surface area contributed by atoms with E-state index in [1.165, 1.54) is 11.1 Å². The molecule has 3 rings (SSSR count). The molecule has 0 atom stereocenters. The molecule has 1 heterocycles. The van der Waals surface area contributed by atoms with Crippen molar-refractivity contribution < 1.29 is 0 Å². The molecule has 0 unspecified atom stereocenters. The largest absolute Gasteiger partial charge is 0.399 e. The van der Waals surface area contributed by atoms with Crippen LogP contribution in [0.5, 0.6) is 0 Å². The van der Waals surface area contributed by atoms with Crippen LogP contribution < -0.4 is 5.73 Å². The Hall–Kier alpha value is -2.09. The third-order valence-electron chi connectivity index (χ3n) is 2.84. The van der Waals surface area contributed by atoms with Crippen LogP contribution in [0.3, 0.4) is 0 Å². The number of aliphatic imine (C=N–C) groups is 1. The molecule has 0 amide bonds. The summed E-state index contributed by atoms with van der Waals surface area (Å²) in [5, 5.41) is 0. The van der Waals surface area contributed by atoms with E-state index in [1.807, 2.05) is 24.3 Å². The predicted molar refractivity (Wildman–Crippen MR) is 66.6 cm³/mol. The molecule has 2 N–H and O–H groups in total. The number of benzene rings is 2. The van der Waals surface area contributed by atoms with Crippen molar-refractivity contribution in [3.8, 4) is 0 Å². The quantitative estimate of drug-likeness (QED) is 0.719. The average Bonchev–Trinajstić information content (AvgIpc) is 2.72. The van der Waals surface area contributed by atoms with Gasteiger partial charge < -0.3 is 5.73 Å². The first-order valence-electron chi connectivity index (χ1n) is 5.33. The first-order valence-corrected chi connectivity index (χ1v) is 5.33. The first-order chi connectivity index (χ1) is 7.84. The van der Waals surface area contributed by atoms with E-state index in [1.54, 1.807) is 0 Å². The van der Waals surface area contributed by atoms with Gasteiger partial charge in [-0.2, -0.15) is 0 Å². The normalized spacial score (nSPS) is 13.4. The summed E-state index contributed by atoms with van der Waals surface area (Å²) in [6, 6.07) is 16.2. The van der Waals surface area contributed by atoms with Crippen LogP contribution in [-0.4, -0.2) is 5.71 Å². The number of anilines is 1. The Morgan fingerprint density at radius 3 is 2.75 bits per heavy atom. The lowest BCUT2D eigenvalue weighted by Crippen LogP contribution is -2.01. The highest BCUT2D eigenvalue weighted by molar-refractivity contribution is 6.15. The monoisotopic (exact) mass is 208 g/mol. The maximum absolute atomic E-state index is 5.79. The molecule has 0 spiro atoms. The van der Waals surface area contributed by atoms with Gasteiger partial charge in [0.25, 0.3) is 0 Å². The third kappa shape index (κ3) is 1.39. The zero-order valence-electron chi connectivity index (χ0n) is 8.85. The molecule has 0 bridgehead atoms. The Morgan fingerprint density at radius 1 is 1.00 bits per heavy atom. The summed E-state index contributed by atoms with van der Waals surface area (Å²) in [6.45, 7) is 0.778. The number of nitrogens with zero attached hydrogens (tertiary/aromatic N) is 1. The molecule has 0 saturated carbocycles. The van der Waals surface area contributed by atoms with E-state index in [9.17, 15) is 0 Å². The minimum atomic E-state index is 0.778. The van der Waals surface area contributed by atoms with E-state index >= 15 is 0 Å². The van der Waals surface area contributed by atoms with Gasteiger partial charge in [0.05, 0.1) is 12.3 Å². The van der Waals surface area contributed by atoms with Crippen LogP contribution >= 0.6 is 0 Å². The number of hydrogen-bond donors (Lipinski definition) is 1.